The summed E-state index contributed by atoms with van der Waals surface area (Å²) in [6.45, 7) is 1.75. The normalized spacial score (nSPS) is 11.5. The minimum atomic E-state index is -3.84. The second-order valence-corrected chi connectivity index (χ2v) is 6.86. The number of hydrogen-bond acceptors (Lipinski definition) is 3. The van der Waals surface area contributed by atoms with E-state index in [4.69, 9.17) is 16.3 Å². The van der Waals surface area contributed by atoms with E-state index in [1.165, 1.54) is 37.4 Å². The van der Waals surface area contributed by atoms with Crippen molar-refractivity contribution in [2.45, 2.75) is 18.4 Å². The number of methoxy groups -OCH3 is 1. The van der Waals surface area contributed by atoms with Gasteiger partial charge in [0.05, 0.1) is 7.11 Å². The van der Waals surface area contributed by atoms with E-state index in [2.05, 4.69) is 4.72 Å². The Bertz CT molecular complexity index is 793. The SMILES string of the molecule is COc1ccc(Cl)cc1S(=O)(=O)NCc1cc(F)ccc1C. The van der Waals surface area contributed by atoms with E-state index in [0.717, 1.165) is 5.56 Å². The van der Waals surface area contributed by atoms with E-state index in [1.54, 1.807) is 13.0 Å². The van der Waals surface area contributed by atoms with Crippen molar-refractivity contribution in [3.8, 4) is 5.75 Å². The van der Waals surface area contributed by atoms with Crippen LogP contribution < -0.4 is 9.46 Å². The Hall–Kier alpha value is -1.63. The molecule has 0 aliphatic heterocycles. The van der Waals surface area contributed by atoms with Crippen molar-refractivity contribution in [3.05, 3.63) is 58.4 Å². The monoisotopic (exact) mass is 343 g/mol. The standard InChI is InChI=1S/C15H15ClFNO3S/c1-10-3-5-13(17)7-11(10)9-18-22(19,20)15-8-12(16)4-6-14(15)21-2/h3-8,18H,9H2,1-2H3. The van der Waals surface area contributed by atoms with E-state index in [0.29, 0.717) is 5.56 Å². The number of sulfonamides is 1. The smallest absolute Gasteiger partial charge is 0.244 e. The molecule has 0 aliphatic carbocycles. The van der Waals surface area contributed by atoms with Gasteiger partial charge in [-0.2, -0.15) is 0 Å². The molecule has 0 heterocycles. The fourth-order valence-electron chi connectivity index (χ4n) is 1.94. The van der Waals surface area contributed by atoms with Gasteiger partial charge in [0.15, 0.2) is 0 Å². The number of halogens is 2. The second-order valence-electron chi connectivity index (χ2n) is 4.69. The average Bonchev–Trinajstić information content (AvgIpc) is 2.48. The molecule has 7 heteroatoms. The average molecular weight is 344 g/mol. The van der Waals surface area contributed by atoms with Crippen molar-refractivity contribution < 1.29 is 17.5 Å². The maximum Gasteiger partial charge on any atom is 0.244 e. The van der Waals surface area contributed by atoms with Gasteiger partial charge in [0.2, 0.25) is 10.0 Å². The molecule has 2 aromatic rings. The van der Waals surface area contributed by atoms with Crippen molar-refractivity contribution in [3.63, 3.8) is 0 Å². The molecule has 2 aromatic carbocycles. The van der Waals surface area contributed by atoms with Gasteiger partial charge in [0.1, 0.15) is 16.5 Å². The number of aryl methyl sites for hydroxylation is 1. The molecule has 0 fully saturated rings. The van der Waals surface area contributed by atoms with Gasteiger partial charge >= 0.3 is 0 Å². The van der Waals surface area contributed by atoms with Gasteiger partial charge < -0.3 is 4.74 Å². The Balaban J connectivity index is 2.28. The van der Waals surface area contributed by atoms with Gasteiger partial charge in [-0.05, 0) is 48.4 Å². The lowest BCUT2D eigenvalue weighted by Crippen LogP contribution is -2.24. The summed E-state index contributed by atoms with van der Waals surface area (Å²) in [6.07, 6.45) is 0. The first kappa shape index (κ1) is 16.7. The fraction of sp³-hybridized carbons (Fsp3) is 0.200. The maximum absolute atomic E-state index is 13.2. The lowest BCUT2D eigenvalue weighted by Gasteiger charge is -2.12. The highest BCUT2D eigenvalue weighted by Crippen LogP contribution is 2.27. The van der Waals surface area contributed by atoms with E-state index < -0.39 is 15.8 Å². The topological polar surface area (TPSA) is 55.4 Å². The zero-order valence-corrected chi connectivity index (χ0v) is 13.6. The van der Waals surface area contributed by atoms with Crippen molar-refractivity contribution in [2.24, 2.45) is 0 Å². The van der Waals surface area contributed by atoms with Gasteiger partial charge in [0.25, 0.3) is 0 Å². The summed E-state index contributed by atoms with van der Waals surface area (Å²) in [6, 6.07) is 8.54. The minimum Gasteiger partial charge on any atom is -0.495 e. The molecule has 0 amide bonds. The van der Waals surface area contributed by atoms with Gasteiger partial charge in [-0.3, -0.25) is 0 Å². The van der Waals surface area contributed by atoms with Crippen molar-refractivity contribution >= 4 is 21.6 Å². The molecule has 0 radical (unpaired) electrons. The fourth-order valence-corrected chi connectivity index (χ4v) is 3.38. The summed E-state index contributed by atoms with van der Waals surface area (Å²) in [5, 5.41) is 0.281. The highest BCUT2D eigenvalue weighted by atomic mass is 35.5. The van der Waals surface area contributed by atoms with Crippen LogP contribution in [0.25, 0.3) is 0 Å². The zero-order chi connectivity index (χ0) is 16.3. The summed E-state index contributed by atoms with van der Waals surface area (Å²) in [5.41, 5.74) is 1.35. The molecule has 0 saturated heterocycles. The highest BCUT2D eigenvalue weighted by molar-refractivity contribution is 7.89. The Morgan fingerprint density at radius 1 is 1.23 bits per heavy atom. The van der Waals surface area contributed by atoms with Crippen molar-refractivity contribution in [1.82, 2.24) is 4.72 Å². The lowest BCUT2D eigenvalue weighted by molar-refractivity contribution is 0.402. The Kier molecular flexibility index (Phi) is 5.05. The quantitative estimate of drug-likeness (QED) is 0.906. The predicted molar refractivity (Wildman–Crippen MR) is 83.2 cm³/mol. The third-order valence-corrected chi connectivity index (χ3v) is 4.84. The number of nitrogens with one attached hydrogen (secondary N) is 1. The first-order valence-electron chi connectivity index (χ1n) is 6.42. The molecule has 1 N–H and O–H groups in total. The summed E-state index contributed by atoms with van der Waals surface area (Å²) in [4.78, 5) is -0.0587. The molecular formula is C15H15ClFNO3S. The molecule has 0 unspecified atom stereocenters. The molecule has 0 spiro atoms. The Labute approximate surface area is 133 Å². The minimum absolute atomic E-state index is 0.0262. The van der Waals surface area contributed by atoms with Crippen LogP contribution in [0.1, 0.15) is 11.1 Å². The van der Waals surface area contributed by atoms with Crippen LogP contribution in [-0.4, -0.2) is 15.5 Å². The van der Waals surface area contributed by atoms with Crippen LogP contribution in [0.5, 0.6) is 5.75 Å². The summed E-state index contributed by atoms with van der Waals surface area (Å²) >= 11 is 5.85. The molecular weight excluding hydrogens is 329 g/mol. The first-order valence-corrected chi connectivity index (χ1v) is 8.28. The second kappa shape index (κ2) is 6.64. The van der Waals surface area contributed by atoms with Crippen LogP contribution in [0.3, 0.4) is 0 Å². The molecule has 2 rings (SSSR count). The van der Waals surface area contributed by atoms with Crippen LogP contribution >= 0.6 is 11.6 Å². The van der Waals surface area contributed by atoms with Crippen LogP contribution in [-0.2, 0) is 16.6 Å². The van der Waals surface area contributed by atoms with Gasteiger partial charge in [0, 0.05) is 11.6 Å². The third kappa shape index (κ3) is 3.76. The highest BCUT2D eigenvalue weighted by Gasteiger charge is 2.20. The molecule has 0 atom stereocenters. The molecule has 0 aromatic heterocycles. The van der Waals surface area contributed by atoms with E-state index >= 15 is 0 Å². The van der Waals surface area contributed by atoms with E-state index in [9.17, 15) is 12.8 Å². The molecule has 22 heavy (non-hydrogen) atoms. The van der Waals surface area contributed by atoms with Crippen molar-refractivity contribution in [1.29, 1.82) is 0 Å². The van der Waals surface area contributed by atoms with Gasteiger partial charge in [-0.15, -0.1) is 0 Å². The van der Waals surface area contributed by atoms with Gasteiger partial charge in [-0.1, -0.05) is 17.7 Å². The zero-order valence-electron chi connectivity index (χ0n) is 12.1. The van der Waals surface area contributed by atoms with Crippen molar-refractivity contribution in [2.75, 3.05) is 7.11 Å². The summed E-state index contributed by atoms with van der Waals surface area (Å²) in [7, 11) is -2.46. The van der Waals surface area contributed by atoms with E-state index in [-0.39, 0.29) is 22.2 Å². The number of benzene rings is 2. The third-order valence-electron chi connectivity index (χ3n) is 3.18. The summed E-state index contributed by atoms with van der Waals surface area (Å²) < 4.78 is 45.5. The molecule has 0 aliphatic rings. The summed E-state index contributed by atoms with van der Waals surface area (Å²) in [5.74, 6) is -0.229. The van der Waals surface area contributed by atoms with Gasteiger partial charge in [-0.25, -0.2) is 17.5 Å². The number of ether oxygens (including phenoxy) is 1. The Morgan fingerprint density at radius 2 is 1.95 bits per heavy atom. The van der Waals surface area contributed by atoms with Crippen LogP contribution in [0.2, 0.25) is 5.02 Å². The lowest BCUT2D eigenvalue weighted by atomic mass is 10.1. The van der Waals surface area contributed by atoms with Crippen LogP contribution in [0, 0.1) is 12.7 Å². The maximum atomic E-state index is 13.2. The Morgan fingerprint density at radius 3 is 2.64 bits per heavy atom. The van der Waals surface area contributed by atoms with E-state index in [1.807, 2.05) is 0 Å². The predicted octanol–water partition coefficient (Wildman–Crippen LogP) is 3.27. The van der Waals surface area contributed by atoms with Crippen LogP contribution in [0.15, 0.2) is 41.3 Å². The number of rotatable bonds is 5. The molecule has 0 bridgehead atoms. The molecule has 4 nitrogen and oxygen atoms in total. The molecule has 0 saturated carbocycles. The largest absolute Gasteiger partial charge is 0.495 e. The first-order chi connectivity index (χ1) is 10.3. The number of hydrogen-bond donors (Lipinski definition) is 1. The van der Waals surface area contributed by atoms with Crippen LogP contribution in [0.4, 0.5) is 4.39 Å². The molecule has 118 valence electrons.